The second-order valence-corrected chi connectivity index (χ2v) is 22.2. The number of cyclic esters (lactones) is 1. The first-order valence-electron chi connectivity index (χ1n) is 27.6. The molecule has 0 spiro atoms. The Hall–Kier alpha value is -4.55. The Balaban J connectivity index is 1.54. The number of Topliss-reactive ketones (excluding diaryl/α,β-unsaturated/α-hetero) is 3. The number of fused-ring (bicyclic) bond motifs is 3. The molecule has 0 aromatic heterocycles. The second-order valence-electron chi connectivity index (χ2n) is 22.2. The van der Waals surface area contributed by atoms with Crippen LogP contribution in [0.4, 0.5) is 0 Å². The van der Waals surface area contributed by atoms with Crippen molar-refractivity contribution in [2.75, 3.05) is 48.2 Å². The molecule has 16 heteroatoms. The van der Waals surface area contributed by atoms with Crippen molar-refractivity contribution < 1.29 is 72.5 Å². The summed E-state index contributed by atoms with van der Waals surface area (Å²) in [4.78, 5) is 73.2. The summed E-state index contributed by atoms with van der Waals surface area (Å²) in [5, 5.41) is 34.5. The van der Waals surface area contributed by atoms with Crippen LogP contribution in [0.2, 0.25) is 0 Å². The maximum atomic E-state index is 14.6. The van der Waals surface area contributed by atoms with Gasteiger partial charge < -0.3 is 53.4 Å². The van der Waals surface area contributed by atoms with E-state index in [-0.39, 0.29) is 60.7 Å². The number of methoxy groups -OCH3 is 4. The van der Waals surface area contributed by atoms with Gasteiger partial charge >= 0.3 is 5.97 Å². The molecule has 3 aliphatic heterocycles. The summed E-state index contributed by atoms with van der Waals surface area (Å²) < 4.78 is 41.0. The van der Waals surface area contributed by atoms with Crippen molar-refractivity contribution in [3.63, 3.8) is 0 Å². The molecular weight excluding hydrogens is 975 g/mol. The Kier molecular flexibility index (Phi) is 24.1. The Morgan fingerprint density at radius 2 is 1.59 bits per heavy atom. The van der Waals surface area contributed by atoms with Gasteiger partial charge in [0.2, 0.25) is 5.79 Å². The van der Waals surface area contributed by atoms with Crippen molar-refractivity contribution in [2.45, 2.75) is 180 Å². The average Bonchev–Trinajstić information content (AvgIpc) is 3.40. The van der Waals surface area contributed by atoms with Crippen molar-refractivity contribution in [1.82, 2.24) is 4.90 Å². The van der Waals surface area contributed by atoms with Gasteiger partial charge in [-0.25, -0.2) is 4.79 Å². The third kappa shape index (κ3) is 16.3. The molecule has 0 radical (unpaired) electrons. The van der Waals surface area contributed by atoms with Gasteiger partial charge in [0.1, 0.15) is 48.2 Å². The minimum atomic E-state index is -2.50. The Morgan fingerprint density at radius 1 is 0.842 bits per heavy atom. The summed E-state index contributed by atoms with van der Waals surface area (Å²) >= 11 is 0. The molecule has 15 atom stereocenters. The number of rotatable bonds is 11. The van der Waals surface area contributed by atoms with Crippen molar-refractivity contribution >= 4 is 29.2 Å². The van der Waals surface area contributed by atoms with Crippen molar-refractivity contribution in [3.05, 3.63) is 71.4 Å². The highest BCUT2D eigenvalue weighted by Crippen LogP contribution is 2.43. The zero-order valence-corrected chi connectivity index (χ0v) is 47.1. The van der Waals surface area contributed by atoms with E-state index in [0.717, 1.165) is 11.1 Å². The molecule has 76 heavy (non-hydrogen) atoms. The number of amides is 1. The molecule has 16 nitrogen and oxygen atoms in total. The minimum absolute atomic E-state index is 0.0224. The highest BCUT2D eigenvalue weighted by Gasteiger charge is 2.53. The number of hydrogen-bond acceptors (Lipinski definition) is 15. The van der Waals surface area contributed by atoms with Crippen LogP contribution in [0.5, 0.6) is 11.5 Å². The van der Waals surface area contributed by atoms with Crippen LogP contribution in [0.15, 0.2) is 65.8 Å². The van der Waals surface area contributed by atoms with E-state index < -0.39 is 77.8 Å². The quantitative estimate of drug-likeness (QED) is 0.0829. The van der Waals surface area contributed by atoms with Crippen LogP contribution in [0.25, 0.3) is 0 Å². The van der Waals surface area contributed by atoms with E-state index in [1.807, 2.05) is 70.2 Å². The predicted molar refractivity (Wildman–Crippen MR) is 287 cm³/mol. The Morgan fingerprint density at radius 3 is 2.29 bits per heavy atom. The van der Waals surface area contributed by atoms with Crippen LogP contribution < -0.4 is 9.47 Å². The fourth-order valence-electron chi connectivity index (χ4n) is 11.6. The summed E-state index contributed by atoms with van der Waals surface area (Å²) in [6.45, 7) is 13.5. The first kappa shape index (κ1) is 62.3. The number of ether oxygens (including phenoxy) is 7. The predicted octanol–water partition coefficient (Wildman–Crippen LogP) is 7.98. The van der Waals surface area contributed by atoms with Crippen molar-refractivity contribution in [2.24, 2.45) is 35.5 Å². The summed E-state index contributed by atoms with van der Waals surface area (Å²) in [6, 6.07) is 4.41. The van der Waals surface area contributed by atoms with Gasteiger partial charge in [-0.1, -0.05) is 82.7 Å². The zero-order chi connectivity index (χ0) is 55.9. The highest BCUT2D eigenvalue weighted by molar-refractivity contribution is 6.39. The number of ketones is 3. The SMILES string of the molecule is COCCOc1ccc(C2C[C@@H]3CC[C@@H](C)[C@@](O)(O3)C(=O)C(=O)N3CCCC[C@H]3C(=O)O[C@H]([C@H](C)C[C@@H]3CC[C@@H](O)[C@H](OC)C3)CC(=O)[C@H](C)/C=C(\C)[C@@H](O)[C@@H](OC)C(=O)[C@H](C)C[C@H](C)/C=C/C=C/C=C/2C)c(OC)c1. The van der Waals surface area contributed by atoms with Gasteiger partial charge in [-0.05, 0) is 114 Å². The third-order valence-corrected chi connectivity index (χ3v) is 16.4. The third-order valence-electron chi connectivity index (χ3n) is 16.4. The van der Waals surface area contributed by atoms with E-state index in [1.165, 1.54) is 12.0 Å². The number of hydrogen-bond donors (Lipinski definition) is 3. The lowest BCUT2D eigenvalue weighted by molar-refractivity contribution is -0.264. The van der Waals surface area contributed by atoms with Gasteiger partial charge in [-0.2, -0.15) is 0 Å². The average molecular weight is 1060 g/mol. The molecule has 3 N–H and O–H groups in total. The summed E-state index contributed by atoms with van der Waals surface area (Å²) in [5.74, 6) is -7.51. The minimum Gasteiger partial charge on any atom is -0.496 e. The largest absolute Gasteiger partial charge is 0.496 e. The van der Waals surface area contributed by atoms with E-state index in [1.54, 1.807) is 54.2 Å². The van der Waals surface area contributed by atoms with Crippen LogP contribution in [0.3, 0.4) is 0 Å². The van der Waals surface area contributed by atoms with Crippen molar-refractivity contribution in [3.8, 4) is 11.5 Å². The van der Waals surface area contributed by atoms with Crippen LogP contribution in [0.1, 0.15) is 137 Å². The fourth-order valence-corrected chi connectivity index (χ4v) is 11.6. The highest BCUT2D eigenvalue weighted by atomic mass is 16.6. The lowest BCUT2D eigenvalue weighted by Gasteiger charge is -2.43. The Labute approximate surface area is 451 Å². The van der Waals surface area contributed by atoms with E-state index in [0.29, 0.717) is 94.5 Å². The normalized spacial score (nSPS) is 36.2. The Bertz CT molecular complexity index is 2240. The molecule has 424 valence electrons. The fraction of sp³-hybridized carbons (Fsp3) is 0.683. The van der Waals surface area contributed by atoms with Gasteiger partial charge in [0.15, 0.2) is 5.78 Å². The second kappa shape index (κ2) is 29.4. The van der Waals surface area contributed by atoms with E-state index in [4.69, 9.17) is 33.2 Å². The summed E-state index contributed by atoms with van der Waals surface area (Å²) in [7, 11) is 6.12. The van der Waals surface area contributed by atoms with Gasteiger partial charge in [0.05, 0.1) is 32.0 Å². The summed E-state index contributed by atoms with van der Waals surface area (Å²) in [5.41, 5.74) is 2.11. The number of nitrogens with zero attached hydrogens (tertiary/aromatic N) is 1. The molecule has 1 saturated carbocycles. The van der Waals surface area contributed by atoms with Gasteiger partial charge in [0, 0.05) is 69.6 Å². The maximum Gasteiger partial charge on any atom is 0.329 e. The molecule has 4 aliphatic rings. The molecule has 2 saturated heterocycles. The monoisotopic (exact) mass is 1060 g/mol. The number of aliphatic hydroxyl groups excluding tert-OH is 2. The number of piperidine rings is 1. The molecule has 5 rings (SSSR count). The number of allylic oxidation sites excluding steroid dienone is 7. The topological polar surface area (TPSA) is 214 Å². The zero-order valence-electron chi connectivity index (χ0n) is 47.1. The molecule has 1 aromatic carbocycles. The number of esters is 1. The first-order chi connectivity index (χ1) is 36.2. The lowest BCUT2D eigenvalue weighted by Crippen LogP contribution is -2.60. The molecule has 3 heterocycles. The number of benzene rings is 1. The van der Waals surface area contributed by atoms with E-state index >= 15 is 0 Å². The lowest BCUT2D eigenvalue weighted by atomic mass is 9.78. The van der Waals surface area contributed by atoms with Gasteiger partial charge in [0.25, 0.3) is 11.7 Å². The molecule has 1 aromatic rings. The molecule has 3 fully saturated rings. The molecule has 1 aliphatic carbocycles. The van der Waals surface area contributed by atoms with Crippen LogP contribution in [-0.4, -0.2) is 146 Å². The summed E-state index contributed by atoms with van der Waals surface area (Å²) in [6.07, 6.45) is 11.3. The number of aliphatic hydroxyl groups is 3. The molecule has 1 unspecified atom stereocenters. The van der Waals surface area contributed by atoms with Crippen LogP contribution >= 0.6 is 0 Å². The molecular formula is C60H89NO15. The van der Waals surface area contributed by atoms with E-state index in [2.05, 4.69) is 0 Å². The van der Waals surface area contributed by atoms with Gasteiger partial charge in [-0.15, -0.1) is 0 Å². The standard InChI is InChI=1S/C60H89NO15/c1-36-17-13-12-14-18-37(2)47(46-24-23-44(34-52(46)71-9)74-28-27-70-8)33-45-22-20-42(7)60(69,76-45)57(66)58(67)61-26-16-15-19-48(61)59(68)75-51(39(4)31-43-21-25-49(62)53(32-43)72-10)35-50(63)38(3)30-41(6)55(65)56(73-11)54(64)40(5)29-36/h12-14,17-18,23-24,30,34,36,38-40,42-43,45,47-49,51,53,55-56,62,65,69H,15-16,19-22,25-29,31-33,35H2,1-11H3/b14-12+,17-13+,37-18+,41-30+/t36-,38-,39-,40-,42-,43+,45+,47?,48+,49-,51+,53-,55-,56+,60-/m1/s1. The van der Waals surface area contributed by atoms with Crippen LogP contribution in [0, 0.1) is 35.5 Å². The number of carbonyl (C=O) groups is 5. The van der Waals surface area contributed by atoms with E-state index in [9.17, 15) is 39.3 Å². The maximum absolute atomic E-state index is 14.6. The molecule has 1 amide bonds. The number of carbonyl (C=O) groups excluding carboxylic acids is 5. The smallest absolute Gasteiger partial charge is 0.329 e. The molecule has 2 bridgehead atoms. The van der Waals surface area contributed by atoms with Crippen LogP contribution in [-0.2, 0) is 47.7 Å². The first-order valence-corrected chi connectivity index (χ1v) is 27.6. The van der Waals surface area contributed by atoms with Gasteiger partial charge in [-0.3, -0.25) is 19.2 Å². The van der Waals surface area contributed by atoms with Crippen molar-refractivity contribution in [1.29, 1.82) is 0 Å².